The van der Waals surface area contributed by atoms with Gasteiger partial charge in [-0.2, -0.15) is 5.10 Å². The van der Waals surface area contributed by atoms with Crippen LogP contribution >= 0.6 is 12.2 Å². The lowest BCUT2D eigenvalue weighted by Crippen LogP contribution is -2.31. The number of methoxy groups -OCH3 is 1. The van der Waals surface area contributed by atoms with E-state index in [2.05, 4.69) is 15.8 Å². The number of para-hydroxylation sites is 1. The third-order valence-corrected chi connectivity index (χ3v) is 3.50. The zero-order valence-electron chi connectivity index (χ0n) is 14.1. The van der Waals surface area contributed by atoms with Crippen LogP contribution in [0.1, 0.15) is 18.1 Å². The molecule has 0 aromatic heterocycles. The number of hydrazone groups is 1. The van der Waals surface area contributed by atoms with Crippen molar-refractivity contribution in [3.05, 3.63) is 59.4 Å². The first-order valence-corrected chi connectivity index (χ1v) is 8.16. The van der Waals surface area contributed by atoms with Crippen molar-refractivity contribution in [3.63, 3.8) is 0 Å². The summed E-state index contributed by atoms with van der Waals surface area (Å²) in [7, 11) is 1.55. The molecule has 0 radical (unpaired) electrons. The Morgan fingerprint density at radius 2 is 2.04 bits per heavy atom. The Labute approximate surface area is 151 Å². The molecule has 0 spiro atoms. The second-order valence-corrected chi connectivity index (χ2v) is 5.40. The molecule has 0 heterocycles. The van der Waals surface area contributed by atoms with Crippen LogP contribution in [0.4, 0.5) is 4.39 Å². The van der Waals surface area contributed by atoms with Crippen LogP contribution in [0.5, 0.6) is 11.5 Å². The average molecular weight is 361 g/mol. The molecule has 0 aliphatic rings. The van der Waals surface area contributed by atoms with E-state index in [9.17, 15) is 4.39 Å². The quantitative estimate of drug-likeness (QED) is 0.450. The van der Waals surface area contributed by atoms with Crippen LogP contribution < -0.4 is 20.2 Å². The monoisotopic (exact) mass is 361 g/mol. The molecule has 132 valence electrons. The van der Waals surface area contributed by atoms with Crippen molar-refractivity contribution in [2.24, 2.45) is 5.10 Å². The van der Waals surface area contributed by atoms with E-state index >= 15 is 0 Å². The van der Waals surface area contributed by atoms with Crippen LogP contribution in [0.15, 0.2) is 47.6 Å². The van der Waals surface area contributed by atoms with Gasteiger partial charge in [0.2, 0.25) is 0 Å². The van der Waals surface area contributed by atoms with E-state index in [4.69, 9.17) is 21.7 Å². The molecule has 0 saturated heterocycles. The highest BCUT2D eigenvalue weighted by Crippen LogP contribution is 2.31. The number of halogens is 1. The molecule has 0 aliphatic carbocycles. The Bertz CT molecular complexity index is 753. The maximum absolute atomic E-state index is 13.8. The molecule has 0 bridgehead atoms. The Morgan fingerprint density at radius 3 is 2.76 bits per heavy atom. The predicted octanol–water partition coefficient (Wildman–Crippen LogP) is 3.23. The van der Waals surface area contributed by atoms with Gasteiger partial charge in [0.1, 0.15) is 12.4 Å². The number of rotatable bonds is 7. The summed E-state index contributed by atoms with van der Waals surface area (Å²) in [5.74, 6) is 0.702. The summed E-state index contributed by atoms with van der Waals surface area (Å²) in [5.41, 5.74) is 3.86. The summed E-state index contributed by atoms with van der Waals surface area (Å²) in [5, 5.41) is 7.44. The lowest BCUT2D eigenvalue weighted by atomic mass is 10.2. The van der Waals surface area contributed by atoms with E-state index in [0.29, 0.717) is 34.3 Å². The molecule has 0 fully saturated rings. The lowest BCUT2D eigenvalue weighted by Gasteiger charge is -2.13. The van der Waals surface area contributed by atoms with Crippen molar-refractivity contribution in [2.75, 3.05) is 13.7 Å². The van der Waals surface area contributed by atoms with E-state index in [1.54, 1.807) is 37.6 Å². The molecule has 0 amide bonds. The predicted molar refractivity (Wildman–Crippen MR) is 101 cm³/mol. The molecule has 25 heavy (non-hydrogen) atoms. The van der Waals surface area contributed by atoms with Gasteiger partial charge >= 0.3 is 0 Å². The SMILES string of the molecule is CCNC(=S)N/N=C/c1cccc(OC)c1OCc1ccccc1F. The van der Waals surface area contributed by atoms with Crippen molar-refractivity contribution in [2.45, 2.75) is 13.5 Å². The number of nitrogens with zero attached hydrogens (tertiary/aromatic N) is 1. The summed E-state index contributed by atoms with van der Waals surface area (Å²) in [6, 6.07) is 11.9. The van der Waals surface area contributed by atoms with Crippen LogP contribution in [-0.2, 0) is 6.61 Å². The third-order valence-electron chi connectivity index (χ3n) is 3.27. The van der Waals surface area contributed by atoms with Gasteiger partial charge in [-0.15, -0.1) is 0 Å². The minimum absolute atomic E-state index is 0.0805. The number of thiocarbonyl (C=S) groups is 1. The molecular formula is C18H20FN3O2S. The summed E-state index contributed by atoms with van der Waals surface area (Å²) in [6.45, 7) is 2.73. The maximum Gasteiger partial charge on any atom is 0.186 e. The Balaban J connectivity index is 2.16. The van der Waals surface area contributed by atoms with E-state index < -0.39 is 0 Å². The van der Waals surface area contributed by atoms with Gasteiger partial charge in [0, 0.05) is 17.7 Å². The molecule has 2 aromatic rings. The Kier molecular flexibility index (Phi) is 7.16. The molecule has 0 unspecified atom stereocenters. The van der Waals surface area contributed by atoms with Gasteiger partial charge in [-0.05, 0) is 37.3 Å². The summed E-state index contributed by atoms with van der Waals surface area (Å²) < 4.78 is 24.9. The van der Waals surface area contributed by atoms with Crippen molar-refractivity contribution in [1.82, 2.24) is 10.7 Å². The fourth-order valence-corrected chi connectivity index (χ4v) is 2.27. The van der Waals surface area contributed by atoms with Crippen molar-refractivity contribution in [1.29, 1.82) is 0 Å². The zero-order chi connectivity index (χ0) is 18.1. The van der Waals surface area contributed by atoms with Gasteiger partial charge in [-0.3, -0.25) is 5.43 Å². The maximum atomic E-state index is 13.8. The van der Waals surface area contributed by atoms with Gasteiger partial charge < -0.3 is 14.8 Å². The van der Waals surface area contributed by atoms with E-state index in [0.717, 1.165) is 0 Å². The van der Waals surface area contributed by atoms with Gasteiger partial charge in [0.25, 0.3) is 0 Å². The first-order valence-electron chi connectivity index (χ1n) is 7.75. The van der Waals surface area contributed by atoms with Crippen LogP contribution in [0.3, 0.4) is 0 Å². The van der Waals surface area contributed by atoms with Gasteiger partial charge in [-0.25, -0.2) is 4.39 Å². The van der Waals surface area contributed by atoms with Crippen molar-refractivity contribution >= 4 is 23.5 Å². The number of benzene rings is 2. The lowest BCUT2D eigenvalue weighted by molar-refractivity contribution is 0.279. The highest BCUT2D eigenvalue weighted by molar-refractivity contribution is 7.80. The molecule has 0 saturated carbocycles. The van der Waals surface area contributed by atoms with Gasteiger partial charge in [-0.1, -0.05) is 24.3 Å². The first-order chi connectivity index (χ1) is 12.2. The topological polar surface area (TPSA) is 54.9 Å². The summed E-state index contributed by atoms with van der Waals surface area (Å²) in [4.78, 5) is 0. The molecule has 5 nitrogen and oxygen atoms in total. The molecule has 2 N–H and O–H groups in total. The second-order valence-electron chi connectivity index (χ2n) is 4.99. The molecule has 0 atom stereocenters. The number of hydrogen-bond acceptors (Lipinski definition) is 4. The van der Waals surface area contributed by atoms with Gasteiger partial charge in [0.05, 0.1) is 13.3 Å². The highest BCUT2D eigenvalue weighted by Gasteiger charge is 2.11. The minimum Gasteiger partial charge on any atom is -0.493 e. The number of ether oxygens (including phenoxy) is 2. The number of hydrogen-bond donors (Lipinski definition) is 2. The fraction of sp³-hybridized carbons (Fsp3) is 0.222. The molecule has 0 aliphatic heterocycles. The second kappa shape index (κ2) is 9.58. The number of nitrogens with one attached hydrogen (secondary N) is 2. The van der Waals surface area contributed by atoms with Crippen LogP contribution in [0.2, 0.25) is 0 Å². The molecule has 2 rings (SSSR count). The summed E-state index contributed by atoms with van der Waals surface area (Å²) in [6.07, 6.45) is 1.57. The fourth-order valence-electron chi connectivity index (χ4n) is 2.08. The molecular weight excluding hydrogens is 341 g/mol. The Hall–Kier alpha value is -2.67. The van der Waals surface area contributed by atoms with E-state index in [-0.39, 0.29) is 12.4 Å². The molecule has 7 heteroatoms. The highest BCUT2D eigenvalue weighted by atomic mass is 32.1. The van der Waals surface area contributed by atoms with Crippen LogP contribution in [-0.4, -0.2) is 25.0 Å². The van der Waals surface area contributed by atoms with Crippen LogP contribution in [0.25, 0.3) is 0 Å². The third kappa shape index (κ3) is 5.42. The average Bonchev–Trinajstić information content (AvgIpc) is 2.61. The largest absolute Gasteiger partial charge is 0.493 e. The molecule has 2 aromatic carbocycles. The van der Waals surface area contributed by atoms with Gasteiger partial charge in [0.15, 0.2) is 16.6 Å². The standard InChI is InChI=1S/C18H20FN3O2S/c1-3-20-18(25)22-21-11-13-8-6-10-16(23-2)17(13)24-12-14-7-4-5-9-15(14)19/h4-11H,3,12H2,1-2H3,(H2,20,22,25)/b21-11+. The first kappa shape index (κ1) is 18.7. The Morgan fingerprint density at radius 1 is 1.24 bits per heavy atom. The smallest absolute Gasteiger partial charge is 0.186 e. The van der Waals surface area contributed by atoms with Crippen molar-refractivity contribution in [3.8, 4) is 11.5 Å². The minimum atomic E-state index is -0.315. The zero-order valence-corrected chi connectivity index (χ0v) is 14.9. The van der Waals surface area contributed by atoms with E-state index in [1.165, 1.54) is 6.07 Å². The normalized spacial score (nSPS) is 10.5. The summed E-state index contributed by atoms with van der Waals surface area (Å²) >= 11 is 5.05. The van der Waals surface area contributed by atoms with E-state index in [1.807, 2.05) is 19.1 Å². The van der Waals surface area contributed by atoms with Crippen LogP contribution in [0, 0.1) is 5.82 Å². The van der Waals surface area contributed by atoms with Crippen molar-refractivity contribution < 1.29 is 13.9 Å².